The third kappa shape index (κ3) is 4.08. The maximum Gasteiger partial charge on any atom is 0.0542 e. The van der Waals surface area contributed by atoms with Crippen molar-refractivity contribution in [1.29, 1.82) is 0 Å². The van der Waals surface area contributed by atoms with Crippen molar-refractivity contribution in [2.75, 3.05) is 25.4 Å². The van der Waals surface area contributed by atoms with Crippen LogP contribution >= 0.6 is 35.0 Å². The van der Waals surface area contributed by atoms with E-state index in [0.717, 1.165) is 33.3 Å². The number of hydrogen-bond acceptors (Lipinski definition) is 3. The Morgan fingerprint density at radius 1 is 1.24 bits per heavy atom. The van der Waals surface area contributed by atoms with Gasteiger partial charge in [0.1, 0.15) is 0 Å². The monoisotopic (exact) mass is 344 g/mol. The number of benzene rings is 1. The second-order valence-electron chi connectivity index (χ2n) is 5.87. The zero-order valence-electron chi connectivity index (χ0n) is 12.2. The number of hydrogen-bond donors (Lipinski definition) is 1. The Morgan fingerprint density at radius 2 is 2.14 bits per heavy atom. The summed E-state index contributed by atoms with van der Waals surface area (Å²) in [6.07, 6.45) is 5.36. The average molecular weight is 345 g/mol. The van der Waals surface area contributed by atoms with Gasteiger partial charge in [0.15, 0.2) is 0 Å². The zero-order chi connectivity index (χ0) is 14.7. The average Bonchev–Trinajstić information content (AvgIpc) is 3.13. The van der Waals surface area contributed by atoms with E-state index in [0.29, 0.717) is 6.04 Å². The fourth-order valence-electron chi connectivity index (χ4n) is 3.49. The third-order valence-electron chi connectivity index (χ3n) is 4.51. The van der Waals surface area contributed by atoms with Gasteiger partial charge in [-0.1, -0.05) is 23.2 Å². The second kappa shape index (κ2) is 7.56. The molecule has 0 aliphatic carbocycles. The van der Waals surface area contributed by atoms with Crippen molar-refractivity contribution in [3.8, 4) is 0 Å². The van der Waals surface area contributed by atoms with Crippen LogP contribution in [0.1, 0.15) is 25.7 Å². The van der Waals surface area contributed by atoms with Gasteiger partial charge in [-0.25, -0.2) is 0 Å². The summed E-state index contributed by atoms with van der Waals surface area (Å²) in [6, 6.07) is 7.15. The molecule has 0 radical (unpaired) electrons. The van der Waals surface area contributed by atoms with Gasteiger partial charge in [0, 0.05) is 34.3 Å². The van der Waals surface area contributed by atoms with Crippen LogP contribution in [0, 0.1) is 0 Å². The van der Waals surface area contributed by atoms with Crippen molar-refractivity contribution in [1.82, 2.24) is 10.2 Å². The molecule has 3 rings (SSSR count). The molecule has 2 unspecified atom stereocenters. The Hall–Kier alpha value is 0.0700. The van der Waals surface area contributed by atoms with Gasteiger partial charge in [-0.15, -0.1) is 11.8 Å². The van der Waals surface area contributed by atoms with Crippen molar-refractivity contribution in [3.05, 3.63) is 28.2 Å². The van der Waals surface area contributed by atoms with E-state index >= 15 is 0 Å². The highest BCUT2D eigenvalue weighted by molar-refractivity contribution is 7.99. The molecule has 1 aromatic rings. The van der Waals surface area contributed by atoms with Gasteiger partial charge in [-0.05, 0) is 57.0 Å². The van der Waals surface area contributed by atoms with Crippen LogP contribution in [0.5, 0.6) is 0 Å². The molecule has 0 bridgehead atoms. The molecule has 0 amide bonds. The highest BCUT2D eigenvalue weighted by Crippen LogP contribution is 2.31. The van der Waals surface area contributed by atoms with E-state index in [2.05, 4.69) is 10.2 Å². The van der Waals surface area contributed by atoms with Crippen LogP contribution in [0.2, 0.25) is 10.0 Å². The SMILES string of the molecule is Clc1ccc(Cl)c(SCCN2CCCC2C2CCCN2)c1. The summed E-state index contributed by atoms with van der Waals surface area (Å²) in [4.78, 5) is 3.76. The molecule has 5 heteroatoms. The van der Waals surface area contributed by atoms with Crippen molar-refractivity contribution in [2.24, 2.45) is 0 Å². The van der Waals surface area contributed by atoms with Crippen molar-refractivity contribution >= 4 is 35.0 Å². The van der Waals surface area contributed by atoms with E-state index in [4.69, 9.17) is 23.2 Å². The molecule has 2 saturated heterocycles. The standard InChI is InChI=1S/C16H22Cl2N2S/c17-12-5-6-13(18)16(11-12)21-10-9-20-8-2-4-15(20)14-3-1-7-19-14/h5-6,11,14-15,19H,1-4,7-10H2. The molecule has 2 atom stereocenters. The van der Waals surface area contributed by atoms with Gasteiger partial charge in [0.2, 0.25) is 0 Å². The fraction of sp³-hybridized carbons (Fsp3) is 0.625. The predicted molar refractivity (Wildman–Crippen MR) is 92.8 cm³/mol. The summed E-state index contributed by atoms with van der Waals surface area (Å²) >= 11 is 14.1. The van der Waals surface area contributed by atoms with Crippen LogP contribution in [0.25, 0.3) is 0 Å². The molecule has 21 heavy (non-hydrogen) atoms. The Morgan fingerprint density at radius 3 is 2.95 bits per heavy atom. The van der Waals surface area contributed by atoms with Crippen LogP contribution in [0.15, 0.2) is 23.1 Å². The maximum atomic E-state index is 6.22. The molecule has 2 fully saturated rings. The predicted octanol–water partition coefficient (Wildman–Crippen LogP) is 4.30. The first-order valence-electron chi connectivity index (χ1n) is 7.79. The van der Waals surface area contributed by atoms with Crippen molar-refractivity contribution in [2.45, 2.75) is 42.7 Å². The lowest BCUT2D eigenvalue weighted by molar-refractivity contribution is 0.226. The first-order chi connectivity index (χ1) is 10.2. The van der Waals surface area contributed by atoms with Gasteiger partial charge in [-0.3, -0.25) is 4.90 Å². The maximum absolute atomic E-state index is 6.22. The molecule has 2 heterocycles. The first kappa shape index (κ1) is 15.9. The Kier molecular flexibility index (Phi) is 5.74. The normalized spacial score (nSPS) is 26.6. The van der Waals surface area contributed by atoms with E-state index in [-0.39, 0.29) is 0 Å². The van der Waals surface area contributed by atoms with Crippen molar-refractivity contribution in [3.63, 3.8) is 0 Å². The molecule has 116 valence electrons. The summed E-state index contributed by atoms with van der Waals surface area (Å²) in [5.41, 5.74) is 0. The van der Waals surface area contributed by atoms with Crippen LogP contribution < -0.4 is 5.32 Å². The van der Waals surface area contributed by atoms with Gasteiger partial charge in [0.25, 0.3) is 0 Å². The number of nitrogens with zero attached hydrogens (tertiary/aromatic N) is 1. The molecule has 2 nitrogen and oxygen atoms in total. The van der Waals surface area contributed by atoms with Crippen molar-refractivity contribution < 1.29 is 0 Å². The fourth-order valence-corrected chi connectivity index (χ4v) is 4.97. The number of halogens is 2. The molecule has 2 aliphatic rings. The number of thioether (sulfide) groups is 1. The molecule has 1 N–H and O–H groups in total. The van der Waals surface area contributed by atoms with E-state index in [1.54, 1.807) is 0 Å². The molecule has 0 spiro atoms. The highest BCUT2D eigenvalue weighted by atomic mass is 35.5. The van der Waals surface area contributed by atoms with Gasteiger partial charge >= 0.3 is 0 Å². The quantitative estimate of drug-likeness (QED) is 0.801. The number of likely N-dealkylation sites (tertiary alicyclic amines) is 1. The minimum absolute atomic E-state index is 0.715. The Balaban J connectivity index is 1.51. The smallest absolute Gasteiger partial charge is 0.0542 e. The lowest BCUT2D eigenvalue weighted by atomic mass is 10.0. The topological polar surface area (TPSA) is 15.3 Å². The molecule has 0 saturated carbocycles. The largest absolute Gasteiger partial charge is 0.312 e. The Bertz CT molecular complexity index is 477. The molecule has 2 aliphatic heterocycles. The lowest BCUT2D eigenvalue weighted by Crippen LogP contribution is -2.44. The zero-order valence-corrected chi connectivity index (χ0v) is 14.5. The lowest BCUT2D eigenvalue weighted by Gasteiger charge is -2.29. The van der Waals surface area contributed by atoms with Gasteiger partial charge < -0.3 is 5.32 Å². The highest BCUT2D eigenvalue weighted by Gasteiger charge is 2.32. The van der Waals surface area contributed by atoms with Crippen LogP contribution in [0.4, 0.5) is 0 Å². The summed E-state index contributed by atoms with van der Waals surface area (Å²) in [5.74, 6) is 1.07. The van der Waals surface area contributed by atoms with Gasteiger partial charge in [0.05, 0.1) is 5.02 Å². The summed E-state index contributed by atoms with van der Waals surface area (Å²) < 4.78 is 0. The summed E-state index contributed by atoms with van der Waals surface area (Å²) in [5, 5.41) is 5.23. The molecule has 1 aromatic carbocycles. The minimum atomic E-state index is 0.715. The second-order valence-corrected chi connectivity index (χ2v) is 7.85. The van der Waals surface area contributed by atoms with E-state index in [1.807, 2.05) is 30.0 Å². The molecular weight excluding hydrogens is 323 g/mol. The third-order valence-corrected chi connectivity index (χ3v) is 6.22. The van der Waals surface area contributed by atoms with Crippen LogP contribution in [0.3, 0.4) is 0 Å². The van der Waals surface area contributed by atoms with Gasteiger partial charge in [-0.2, -0.15) is 0 Å². The number of nitrogens with one attached hydrogen (secondary N) is 1. The summed E-state index contributed by atoms with van der Waals surface area (Å²) in [7, 11) is 0. The number of rotatable bonds is 5. The summed E-state index contributed by atoms with van der Waals surface area (Å²) in [6.45, 7) is 3.57. The molecule has 0 aromatic heterocycles. The van der Waals surface area contributed by atoms with E-state index in [9.17, 15) is 0 Å². The minimum Gasteiger partial charge on any atom is -0.312 e. The van der Waals surface area contributed by atoms with Crippen LogP contribution in [-0.2, 0) is 0 Å². The van der Waals surface area contributed by atoms with E-state index < -0.39 is 0 Å². The van der Waals surface area contributed by atoms with Crippen LogP contribution in [-0.4, -0.2) is 42.4 Å². The first-order valence-corrected chi connectivity index (χ1v) is 9.53. The molecular formula is C16H22Cl2N2S. The van der Waals surface area contributed by atoms with E-state index in [1.165, 1.54) is 38.8 Å². The Labute approximate surface area is 141 Å².